The van der Waals surface area contributed by atoms with Crippen molar-refractivity contribution in [3.05, 3.63) is 23.8 Å². The summed E-state index contributed by atoms with van der Waals surface area (Å²) in [7, 11) is 1.70. The molecule has 36 heavy (non-hydrogen) atoms. The molecule has 3 rings (SSSR count). The van der Waals surface area contributed by atoms with Crippen molar-refractivity contribution in [1.82, 2.24) is 15.1 Å². The molecule has 1 aromatic carbocycles. The van der Waals surface area contributed by atoms with Crippen molar-refractivity contribution in [2.45, 2.75) is 58.7 Å². The Bertz CT molecular complexity index is 933. The third kappa shape index (κ3) is 6.67. The van der Waals surface area contributed by atoms with Crippen molar-refractivity contribution >= 4 is 23.5 Å². The summed E-state index contributed by atoms with van der Waals surface area (Å²) in [6.07, 6.45) is 0.810. The number of aliphatic hydroxyl groups excluding tert-OH is 1. The van der Waals surface area contributed by atoms with Gasteiger partial charge < -0.3 is 35.0 Å². The molecule has 0 unspecified atom stereocenters. The molecule has 2 heterocycles. The van der Waals surface area contributed by atoms with E-state index in [9.17, 15) is 19.5 Å². The van der Waals surface area contributed by atoms with Crippen LogP contribution in [0, 0.1) is 11.8 Å². The van der Waals surface area contributed by atoms with Crippen LogP contribution in [-0.2, 0) is 9.53 Å². The maximum atomic E-state index is 13.6. The van der Waals surface area contributed by atoms with Gasteiger partial charge in [0, 0.05) is 44.7 Å². The van der Waals surface area contributed by atoms with Crippen molar-refractivity contribution in [2.24, 2.45) is 11.8 Å². The standard InChI is InChI=1S/C26H40N4O6/c1-16(2)27-26(34)29(5)14-22-17(3)13-30(18(4)15-31)25(33)20-7-6-8-21(23(20)36-22)28-24(32)19-9-11-35-12-10-19/h6-8,16-19,22,31H,9-15H2,1-5H3,(H,27,34)(H,28,32)/t17-,18-,22+/m1/s1. The first-order chi connectivity index (χ1) is 17.1. The van der Waals surface area contributed by atoms with Crippen LogP contribution in [0.25, 0.3) is 0 Å². The van der Waals surface area contributed by atoms with Crippen LogP contribution in [-0.4, -0.2) is 90.9 Å². The molecule has 1 fully saturated rings. The fraction of sp³-hybridized carbons (Fsp3) is 0.654. The van der Waals surface area contributed by atoms with Crippen LogP contribution in [0.4, 0.5) is 10.5 Å². The monoisotopic (exact) mass is 504 g/mol. The number of ether oxygens (including phenoxy) is 2. The quantitative estimate of drug-likeness (QED) is 0.524. The minimum absolute atomic E-state index is 0.0122. The molecule has 0 aliphatic carbocycles. The van der Waals surface area contributed by atoms with Crippen LogP contribution >= 0.6 is 0 Å². The third-order valence-corrected chi connectivity index (χ3v) is 6.75. The van der Waals surface area contributed by atoms with Gasteiger partial charge in [-0.15, -0.1) is 0 Å². The highest BCUT2D eigenvalue weighted by molar-refractivity contribution is 6.02. The van der Waals surface area contributed by atoms with Crippen LogP contribution in [0.3, 0.4) is 0 Å². The Morgan fingerprint density at radius 3 is 2.56 bits per heavy atom. The lowest BCUT2D eigenvalue weighted by atomic mass is 9.98. The zero-order chi connectivity index (χ0) is 26.4. The Morgan fingerprint density at radius 2 is 1.92 bits per heavy atom. The van der Waals surface area contributed by atoms with Crippen molar-refractivity contribution in [3.63, 3.8) is 0 Å². The number of carbonyl (C=O) groups excluding carboxylic acids is 3. The number of anilines is 1. The first-order valence-corrected chi connectivity index (χ1v) is 12.7. The zero-order valence-electron chi connectivity index (χ0n) is 22.0. The van der Waals surface area contributed by atoms with E-state index < -0.39 is 12.1 Å². The lowest BCUT2D eigenvalue weighted by Gasteiger charge is -2.38. The molecule has 2 aliphatic heterocycles. The second-order valence-corrected chi connectivity index (χ2v) is 10.2. The Hall–Kier alpha value is -2.85. The van der Waals surface area contributed by atoms with Crippen molar-refractivity contribution in [3.8, 4) is 5.75 Å². The molecule has 10 nitrogen and oxygen atoms in total. The highest BCUT2D eigenvalue weighted by atomic mass is 16.5. The molecule has 1 aromatic rings. The molecule has 0 radical (unpaired) electrons. The minimum Gasteiger partial charge on any atom is -0.485 e. The topological polar surface area (TPSA) is 120 Å². The minimum atomic E-state index is -0.464. The summed E-state index contributed by atoms with van der Waals surface area (Å²) in [5.74, 6) is -0.462. The number of hydrogen-bond donors (Lipinski definition) is 3. The van der Waals surface area contributed by atoms with Crippen LogP contribution < -0.4 is 15.4 Å². The number of para-hydroxylation sites is 1. The maximum Gasteiger partial charge on any atom is 0.317 e. The number of rotatable bonds is 7. The van der Waals surface area contributed by atoms with Crippen LogP contribution in [0.5, 0.6) is 5.75 Å². The van der Waals surface area contributed by atoms with Crippen molar-refractivity contribution < 1.29 is 29.0 Å². The average molecular weight is 505 g/mol. The van der Waals surface area contributed by atoms with Gasteiger partial charge in [0.1, 0.15) is 6.10 Å². The third-order valence-electron chi connectivity index (χ3n) is 6.75. The molecular weight excluding hydrogens is 464 g/mol. The highest BCUT2D eigenvalue weighted by Crippen LogP contribution is 2.35. The molecule has 1 saturated heterocycles. The molecule has 0 aromatic heterocycles. The van der Waals surface area contributed by atoms with E-state index in [1.807, 2.05) is 20.8 Å². The number of hydrogen-bond acceptors (Lipinski definition) is 6. The summed E-state index contributed by atoms with van der Waals surface area (Å²) < 4.78 is 11.8. The van der Waals surface area contributed by atoms with Gasteiger partial charge >= 0.3 is 6.03 Å². The molecule has 0 saturated carbocycles. The first-order valence-electron chi connectivity index (χ1n) is 12.7. The second-order valence-electron chi connectivity index (χ2n) is 10.2. The summed E-state index contributed by atoms with van der Waals surface area (Å²) >= 11 is 0. The van der Waals surface area contributed by atoms with Gasteiger partial charge in [0.25, 0.3) is 5.91 Å². The average Bonchev–Trinajstić information content (AvgIpc) is 2.86. The van der Waals surface area contributed by atoms with E-state index in [0.717, 1.165) is 0 Å². The molecule has 10 heteroatoms. The van der Waals surface area contributed by atoms with Gasteiger partial charge in [-0.1, -0.05) is 13.0 Å². The van der Waals surface area contributed by atoms with E-state index in [1.165, 1.54) is 0 Å². The maximum absolute atomic E-state index is 13.6. The van der Waals surface area contributed by atoms with Gasteiger partial charge in [-0.2, -0.15) is 0 Å². The Kier molecular flexibility index (Phi) is 9.56. The number of amides is 4. The van der Waals surface area contributed by atoms with Gasteiger partial charge in [0.05, 0.1) is 30.4 Å². The van der Waals surface area contributed by atoms with Crippen molar-refractivity contribution in [2.75, 3.05) is 45.3 Å². The summed E-state index contributed by atoms with van der Waals surface area (Å²) in [4.78, 5) is 42.4. The van der Waals surface area contributed by atoms with Crippen LogP contribution in [0.2, 0.25) is 0 Å². The Labute approximate surface area is 213 Å². The molecule has 3 N–H and O–H groups in total. The normalized spacial score (nSPS) is 21.6. The summed E-state index contributed by atoms with van der Waals surface area (Å²) in [5.41, 5.74) is 0.730. The number of likely N-dealkylation sites (N-methyl/N-ethyl adjacent to an activating group) is 1. The largest absolute Gasteiger partial charge is 0.485 e. The van der Waals surface area contributed by atoms with E-state index in [4.69, 9.17) is 9.47 Å². The summed E-state index contributed by atoms with van der Waals surface area (Å²) in [6.45, 7) is 9.05. The number of nitrogens with one attached hydrogen (secondary N) is 2. The van der Waals surface area contributed by atoms with Gasteiger partial charge in [-0.05, 0) is 45.7 Å². The molecule has 3 atom stereocenters. The summed E-state index contributed by atoms with van der Waals surface area (Å²) in [6, 6.07) is 4.46. The molecule has 0 bridgehead atoms. The molecule has 200 valence electrons. The van der Waals surface area contributed by atoms with Crippen LogP contribution in [0.15, 0.2) is 18.2 Å². The fourth-order valence-electron chi connectivity index (χ4n) is 4.46. The Balaban J connectivity index is 1.95. The van der Waals surface area contributed by atoms with Crippen molar-refractivity contribution in [1.29, 1.82) is 0 Å². The number of fused-ring (bicyclic) bond motifs is 1. The SMILES string of the molecule is CC(C)NC(=O)N(C)C[C@@H]1Oc2c(NC(=O)C3CCOCC3)cccc2C(=O)N([C@H](C)CO)C[C@H]1C. The van der Waals surface area contributed by atoms with Crippen LogP contribution in [0.1, 0.15) is 50.9 Å². The number of carbonyl (C=O) groups is 3. The van der Waals surface area contributed by atoms with Gasteiger partial charge in [-0.3, -0.25) is 9.59 Å². The molecule has 4 amide bonds. The van der Waals surface area contributed by atoms with E-state index in [2.05, 4.69) is 10.6 Å². The lowest BCUT2D eigenvalue weighted by molar-refractivity contribution is -0.122. The second kappa shape index (κ2) is 12.4. The number of urea groups is 1. The van der Waals surface area contributed by atoms with E-state index in [-0.39, 0.29) is 54.6 Å². The highest BCUT2D eigenvalue weighted by Gasteiger charge is 2.35. The molecule has 2 aliphatic rings. The molecule has 0 spiro atoms. The summed E-state index contributed by atoms with van der Waals surface area (Å²) in [5, 5.41) is 15.7. The predicted octanol–water partition coefficient (Wildman–Crippen LogP) is 2.32. The van der Waals surface area contributed by atoms with E-state index in [1.54, 1.807) is 42.0 Å². The van der Waals surface area contributed by atoms with E-state index in [0.29, 0.717) is 43.9 Å². The Morgan fingerprint density at radius 1 is 1.22 bits per heavy atom. The smallest absolute Gasteiger partial charge is 0.317 e. The first kappa shape index (κ1) is 27.7. The number of aliphatic hydroxyl groups is 1. The lowest BCUT2D eigenvalue weighted by Crippen LogP contribution is -2.51. The fourth-order valence-corrected chi connectivity index (χ4v) is 4.46. The van der Waals surface area contributed by atoms with Gasteiger partial charge in [0.2, 0.25) is 5.91 Å². The number of nitrogens with zero attached hydrogens (tertiary/aromatic N) is 2. The van der Waals surface area contributed by atoms with Gasteiger partial charge in [-0.25, -0.2) is 4.79 Å². The van der Waals surface area contributed by atoms with Gasteiger partial charge in [0.15, 0.2) is 5.75 Å². The number of benzene rings is 1. The van der Waals surface area contributed by atoms with E-state index >= 15 is 0 Å². The zero-order valence-corrected chi connectivity index (χ0v) is 22.0. The predicted molar refractivity (Wildman–Crippen MR) is 136 cm³/mol. The molecular formula is C26H40N4O6.